The molecule has 0 fully saturated rings. The molecule has 6 heteroatoms. The summed E-state index contributed by atoms with van der Waals surface area (Å²) in [7, 11) is 0. The highest BCUT2D eigenvalue weighted by Gasteiger charge is 2.19. The van der Waals surface area contributed by atoms with Crippen LogP contribution in [0, 0.1) is 0 Å². The van der Waals surface area contributed by atoms with E-state index in [4.69, 9.17) is 14.2 Å². The van der Waals surface area contributed by atoms with Gasteiger partial charge in [0.2, 0.25) is 0 Å². The molecule has 0 rings (SSSR count). The van der Waals surface area contributed by atoms with Crippen molar-refractivity contribution in [3.63, 3.8) is 0 Å². The third-order valence-corrected chi connectivity index (χ3v) is 11.3. The first-order valence-electron chi connectivity index (χ1n) is 26.1. The van der Waals surface area contributed by atoms with E-state index < -0.39 is 6.10 Å². The number of ether oxygens (including phenoxy) is 3. The van der Waals surface area contributed by atoms with E-state index in [2.05, 4.69) is 69.4 Å². The van der Waals surface area contributed by atoms with Crippen LogP contribution < -0.4 is 0 Å². The number of allylic oxidation sites excluding steroid dienone is 8. The fourth-order valence-corrected chi connectivity index (χ4v) is 7.33. The molecule has 0 saturated heterocycles. The fourth-order valence-electron chi connectivity index (χ4n) is 7.33. The number of carbonyl (C=O) groups excluding carboxylic acids is 3. The molecular formula is C55H98O6. The molecule has 0 amide bonds. The predicted octanol–water partition coefficient (Wildman–Crippen LogP) is 17.1. The van der Waals surface area contributed by atoms with Crippen molar-refractivity contribution < 1.29 is 28.6 Å². The summed E-state index contributed by atoms with van der Waals surface area (Å²) in [5.74, 6) is -0.902. The average Bonchev–Trinajstić information content (AvgIpc) is 3.26. The number of rotatable bonds is 47. The molecule has 0 aromatic heterocycles. The van der Waals surface area contributed by atoms with Crippen LogP contribution in [0.3, 0.4) is 0 Å². The molecule has 0 aromatic carbocycles. The summed E-state index contributed by atoms with van der Waals surface area (Å²) >= 11 is 0. The van der Waals surface area contributed by atoms with Gasteiger partial charge in [-0.3, -0.25) is 14.4 Å². The van der Waals surface area contributed by atoms with Crippen molar-refractivity contribution in [3.05, 3.63) is 48.6 Å². The molecule has 354 valence electrons. The van der Waals surface area contributed by atoms with Gasteiger partial charge in [0.05, 0.1) is 0 Å². The van der Waals surface area contributed by atoms with Gasteiger partial charge in [0.25, 0.3) is 0 Å². The van der Waals surface area contributed by atoms with Gasteiger partial charge in [-0.2, -0.15) is 0 Å². The van der Waals surface area contributed by atoms with Crippen molar-refractivity contribution in [2.24, 2.45) is 0 Å². The third kappa shape index (κ3) is 48.3. The molecular weight excluding hydrogens is 757 g/mol. The van der Waals surface area contributed by atoms with Crippen LogP contribution in [0.25, 0.3) is 0 Å². The Morgan fingerprint density at radius 2 is 0.590 bits per heavy atom. The highest BCUT2D eigenvalue weighted by molar-refractivity contribution is 5.71. The molecule has 0 aromatic rings. The Bertz CT molecular complexity index is 1070. The number of hydrogen-bond acceptors (Lipinski definition) is 6. The predicted molar refractivity (Wildman–Crippen MR) is 261 cm³/mol. The Hall–Kier alpha value is -2.63. The minimum atomic E-state index is -0.783. The zero-order chi connectivity index (χ0) is 44.4. The van der Waals surface area contributed by atoms with Crippen molar-refractivity contribution in [3.8, 4) is 0 Å². The summed E-state index contributed by atoms with van der Waals surface area (Å²) in [6, 6.07) is 0. The lowest BCUT2D eigenvalue weighted by Crippen LogP contribution is -2.30. The van der Waals surface area contributed by atoms with Crippen LogP contribution in [-0.2, 0) is 28.6 Å². The van der Waals surface area contributed by atoms with Gasteiger partial charge in [0.1, 0.15) is 13.2 Å². The lowest BCUT2D eigenvalue weighted by Gasteiger charge is -2.18. The molecule has 0 N–H and O–H groups in total. The first-order chi connectivity index (χ1) is 30.0. The van der Waals surface area contributed by atoms with E-state index >= 15 is 0 Å². The number of carbonyl (C=O) groups is 3. The molecule has 0 spiro atoms. The second kappa shape index (κ2) is 50.0. The first kappa shape index (κ1) is 58.4. The fraction of sp³-hybridized carbons (Fsp3) is 0.800. The molecule has 1 unspecified atom stereocenters. The van der Waals surface area contributed by atoms with E-state index in [1.165, 1.54) is 122 Å². The van der Waals surface area contributed by atoms with E-state index in [9.17, 15) is 14.4 Å². The minimum Gasteiger partial charge on any atom is -0.462 e. The maximum atomic E-state index is 12.8. The summed E-state index contributed by atoms with van der Waals surface area (Å²) in [5.41, 5.74) is 0. The average molecular weight is 855 g/mol. The monoisotopic (exact) mass is 855 g/mol. The maximum Gasteiger partial charge on any atom is 0.306 e. The smallest absolute Gasteiger partial charge is 0.306 e. The Morgan fingerprint density at radius 1 is 0.328 bits per heavy atom. The second-order valence-corrected chi connectivity index (χ2v) is 17.4. The Balaban J connectivity index is 4.41. The van der Waals surface area contributed by atoms with Crippen molar-refractivity contribution in [1.82, 2.24) is 0 Å². The van der Waals surface area contributed by atoms with Crippen molar-refractivity contribution in [1.29, 1.82) is 0 Å². The summed E-state index contributed by atoms with van der Waals surface area (Å²) < 4.78 is 16.8. The zero-order valence-corrected chi connectivity index (χ0v) is 40.4. The van der Waals surface area contributed by atoms with Crippen molar-refractivity contribution in [2.45, 2.75) is 271 Å². The Kier molecular flexibility index (Phi) is 47.9. The van der Waals surface area contributed by atoms with Gasteiger partial charge in [0.15, 0.2) is 6.10 Å². The van der Waals surface area contributed by atoms with Gasteiger partial charge in [-0.15, -0.1) is 0 Å². The molecule has 6 nitrogen and oxygen atoms in total. The van der Waals surface area contributed by atoms with Gasteiger partial charge in [-0.1, -0.05) is 211 Å². The number of unbranched alkanes of at least 4 members (excludes halogenated alkanes) is 28. The molecule has 0 aliphatic heterocycles. The van der Waals surface area contributed by atoms with E-state index in [0.29, 0.717) is 19.3 Å². The van der Waals surface area contributed by atoms with Gasteiger partial charge in [0, 0.05) is 19.3 Å². The van der Waals surface area contributed by atoms with Crippen LogP contribution in [0.1, 0.15) is 265 Å². The first-order valence-corrected chi connectivity index (χ1v) is 26.1. The maximum absolute atomic E-state index is 12.8. The second-order valence-electron chi connectivity index (χ2n) is 17.4. The van der Waals surface area contributed by atoms with Crippen LogP contribution >= 0.6 is 0 Å². The SMILES string of the molecule is CCCCC/C=C\C/C=C\CCCCCCCC(=O)OCC(COC(=O)CCCCCCCCCCCCCCC)OC(=O)CCCCCCC/C=C\C/C=C\CCCCC. The van der Waals surface area contributed by atoms with Gasteiger partial charge >= 0.3 is 17.9 Å². The molecule has 0 bridgehead atoms. The Morgan fingerprint density at radius 3 is 0.934 bits per heavy atom. The summed E-state index contributed by atoms with van der Waals surface area (Å²) in [6.45, 7) is 6.57. The van der Waals surface area contributed by atoms with Gasteiger partial charge in [-0.25, -0.2) is 0 Å². The molecule has 0 saturated carbocycles. The molecule has 61 heavy (non-hydrogen) atoms. The normalized spacial score (nSPS) is 12.4. The highest BCUT2D eigenvalue weighted by atomic mass is 16.6. The quantitative estimate of drug-likeness (QED) is 0.0263. The molecule has 0 aliphatic rings. The molecule has 0 heterocycles. The molecule has 1 atom stereocenters. The lowest BCUT2D eigenvalue weighted by atomic mass is 10.0. The van der Waals surface area contributed by atoms with Gasteiger partial charge in [-0.05, 0) is 83.5 Å². The van der Waals surface area contributed by atoms with Crippen LogP contribution in [0.15, 0.2) is 48.6 Å². The highest BCUT2D eigenvalue weighted by Crippen LogP contribution is 2.15. The largest absolute Gasteiger partial charge is 0.462 e. The summed E-state index contributed by atoms with van der Waals surface area (Å²) in [6.07, 6.45) is 59.4. The minimum absolute atomic E-state index is 0.0812. The number of esters is 3. The molecule has 0 radical (unpaired) electrons. The third-order valence-electron chi connectivity index (χ3n) is 11.3. The Labute approximate surface area is 378 Å². The van der Waals surface area contributed by atoms with Crippen LogP contribution in [0.2, 0.25) is 0 Å². The van der Waals surface area contributed by atoms with Crippen LogP contribution in [0.4, 0.5) is 0 Å². The topological polar surface area (TPSA) is 78.9 Å². The summed E-state index contributed by atoms with van der Waals surface area (Å²) in [4.78, 5) is 38.0. The van der Waals surface area contributed by atoms with E-state index in [-0.39, 0.29) is 31.1 Å². The number of hydrogen-bond donors (Lipinski definition) is 0. The van der Waals surface area contributed by atoms with E-state index in [1.54, 1.807) is 0 Å². The van der Waals surface area contributed by atoms with Crippen LogP contribution in [-0.4, -0.2) is 37.2 Å². The summed E-state index contributed by atoms with van der Waals surface area (Å²) in [5, 5.41) is 0. The van der Waals surface area contributed by atoms with E-state index in [1.807, 2.05) is 0 Å². The van der Waals surface area contributed by atoms with E-state index in [0.717, 1.165) is 103 Å². The molecule has 0 aliphatic carbocycles. The van der Waals surface area contributed by atoms with Crippen molar-refractivity contribution in [2.75, 3.05) is 13.2 Å². The van der Waals surface area contributed by atoms with Crippen molar-refractivity contribution >= 4 is 17.9 Å². The standard InChI is InChI=1S/C55H98O6/c1-4-7-10-13-16-19-22-25-27-30-33-36-39-42-45-48-54(57)60-51-52(50-59-53(56)47-44-41-38-35-32-29-24-21-18-15-12-9-6-3)61-55(58)49-46-43-40-37-34-31-28-26-23-20-17-14-11-8-5-2/h16-17,19-20,25-28,52H,4-15,18,21-24,29-51H2,1-3H3/b19-16-,20-17-,27-25-,28-26-. The van der Waals surface area contributed by atoms with Crippen LogP contribution in [0.5, 0.6) is 0 Å². The zero-order valence-electron chi connectivity index (χ0n) is 40.4. The lowest BCUT2D eigenvalue weighted by molar-refractivity contribution is -0.167. The van der Waals surface area contributed by atoms with Gasteiger partial charge < -0.3 is 14.2 Å².